The van der Waals surface area contributed by atoms with Crippen LogP contribution >= 0.6 is 0 Å². The van der Waals surface area contributed by atoms with E-state index in [1.54, 1.807) is 6.33 Å². The van der Waals surface area contributed by atoms with Gasteiger partial charge in [-0.1, -0.05) is 44.3 Å². The van der Waals surface area contributed by atoms with Crippen molar-refractivity contribution in [2.45, 2.75) is 70.1 Å². The summed E-state index contributed by atoms with van der Waals surface area (Å²) in [6.07, 6.45) is 22.8. The Hall–Kier alpha value is -1.05. The number of rotatable bonds is 7. The maximum absolute atomic E-state index is 4.11. The maximum atomic E-state index is 4.11. The predicted molar refractivity (Wildman–Crippen MR) is 83.6 cm³/mol. The minimum absolute atomic E-state index is 0.771. The van der Waals surface area contributed by atoms with Gasteiger partial charge in [0, 0.05) is 17.8 Å². The number of H-pyrrole nitrogens is 1. The number of allylic oxidation sites excluding steroid dienone is 2. The predicted octanol–water partition coefficient (Wildman–Crippen LogP) is 5.21. The summed E-state index contributed by atoms with van der Waals surface area (Å²) in [4.78, 5) is 7.36. The molecule has 2 saturated carbocycles. The molecule has 2 aliphatic rings. The van der Waals surface area contributed by atoms with Crippen LogP contribution in [0.5, 0.6) is 0 Å². The van der Waals surface area contributed by atoms with Crippen LogP contribution < -0.4 is 0 Å². The molecular weight excluding hydrogens is 244 g/mol. The first-order chi connectivity index (χ1) is 9.93. The monoisotopic (exact) mass is 272 g/mol. The lowest BCUT2D eigenvalue weighted by Crippen LogP contribution is -2.05. The van der Waals surface area contributed by atoms with Crippen molar-refractivity contribution >= 4 is 0 Å². The lowest BCUT2D eigenvalue weighted by atomic mass is 9.86. The van der Waals surface area contributed by atoms with Crippen LogP contribution in [0.25, 0.3) is 0 Å². The minimum atomic E-state index is 0.771. The van der Waals surface area contributed by atoms with Crippen LogP contribution in [0.1, 0.15) is 75.8 Å². The Morgan fingerprint density at radius 1 is 1.10 bits per heavy atom. The highest BCUT2D eigenvalue weighted by Crippen LogP contribution is 2.49. The lowest BCUT2D eigenvalue weighted by molar-refractivity contribution is 0.341. The van der Waals surface area contributed by atoms with Gasteiger partial charge >= 0.3 is 0 Å². The quantitative estimate of drug-likeness (QED) is 0.678. The van der Waals surface area contributed by atoms with Gasteiger partial charge in [0.15, 0.2) is 0 Å². The molecule has 20 heavy (non-hydrogen) atoms. The van der Waals surface area contributed by atoms with E-state index in [0.717, 1.165) is 17.8 Å². The SMILES string of the molecule is C(=CCC[C@@H]1C[C@H]1c1cnc[nH]1)CCC1CCCCC1. The molecule has 1 N–H and O–H groups in total. The molecule has 0 bridgehead atoms. The maximum Gasteiger partial charge on any atom is 0.0921 e. The number of hydrogen-bond acceptors (Lipinski definition) is 1. The summed E-state index contributed by atoms with van der Waals surface area (Å²) in [7, 11) is 0. The Morgan fingerprint density at radius 2 is 1.90 bits per heavy atom. The van der Waals surface area contributed by atoms with Crippen molar-refractivity contribution < 1.29 is 0 Å². The minimum Gasteiger partial charge on any atom is -0.348 e. The molecule has 0 aliphatic heterocycles. The molecule has 2 aliphatic carbocycles. The smallest absolute Gasteiger partial charge is 0.0921 e. The van der Waals surface area contributed by atoms with Crippen LogP contribution in [0.2, 0.25) is 0 Å². The highest BCUT2D eigenvalue weighted by atomic mass is 14.9. The van der Waals surface area contributed by atoms with Crippen molar-refractivity contribution in [3.05, 3.63) is 30.4 Å². The van der Waals surface area contributed by atoms with E-state index in [1.165, 1.54) is 69.9 Å². The molecule has 1 heterocycles. The fourth-order valence-corrected chi connectivity index (χ4v) is 3.77. The van der Waals surface area contributed by atoms with Gasteiger partial charge in [-0.25, -0.2) is 4.98 Å². The zero-order valence-corrected chi connectivity index (χ0v) is 12.6. The number of aromatic nitrogens is 2. The lowest BCUT2D eigenvalue weighted by Gasteiger charge is -2.20. The number of nitrogens with one attached hydrogen (secondary N) is 1. The zero-order chi connectivity index (χ0) is 13.6. The van der Waals surface area contributed by atoms with Crippen LogP contribution in [-0.4, -0.2) is 9.97 Å². The Kier molecular flexibility index (Phi) is 4.94. The van der Waals surface area contributed by atoms with Crippen molar-refractivity contribution in [2.24, 2.45) is 11.8 Å². The van der Waals surface area contributed by atoms with Crippen LogP contribution in [0.4, 0.5) is 0 Å². The third-order valence-corrected chi connectivity index (χ3v) is 5.18. The number of hydrogen-bond donors (Lipinski definition) is 1. The summed E-state index contributed by atoms with van der Waals surface area (Å²) in [6.45, 7) is 0. The number of nitrogens with zero attached hydrogens (tertiary/aromatic N) is 1. The van der Waals surface area contributed by atoms with E-state index in [9.17, 15) is 0 Å². The van der Waals surface area contributed by atoms with E-state index in [0.29, 0.717) is 0 Å². The molecule has 3 rings (SSSR count). The van der Waals surface area contributed by atoms with Gasteiger partial charge in [0.25, 0.3) is 0 Å². The van der Waals surface area contributed by atoms with E-state index in [-0.39, 0.29) is 0 Å². The molecule has 2 atom stereocenters. The Morgan fingerprint density at radius 3 is 2.65 bits per heavy atom. The Bertz CT molecular complexity index is 401. The Balaban J connectivity index is 1.24. The summed E-state index contributed by atoms with van der Waals surface area (Å²) in [6, 6.07) is 0. The summed E-state index contributed by atoms with van der Waals surface area (Å²) in [5, 5.41) is 0. The van der Waals surface area contributed by atoms with Crippen molar-refractivity contribution in [3.63, 3.8) is 0 Å². The van der Waals surface area contributed by atoms with Gasteiger partial charge in [-0.2, -0.15) is 0 Å². The van der Waals surface area contributed by atoms with E-state index < -0.39 is 0 Å². The van der Waals surface area contributed by atoms with E-state index >= 15 is 0 Å². The molecule has 110 valence electrons. The van der Waals surface area contributed by atoms with Gasteiger partial charge < -0.3 is 4.98 Å². The molecule has 0 saturated heterocycles. The van der Waals surface area contributed by atoms with E-state index in [4.69, 9.17) is 0 Å². The topological polar surface area (TPSA) is 28.7 Å². The highest BCUT2D eigenvalue weighted by Gasteiger charge is 2.38. The molecular formula is C18H28N2. The molecule has 1 aromatic heterocycles. The molecule has 2 heteroatoms. The molecule has 0 aromatic carbocycles. The Labute approximate surface area is 123 Å². The first-order valence-corrected chi connectivity index (χ1v) is 8.57. The second-order valence-corrected chi connectivity index (χ2v) is 6.74. The van der Waals surface area contributed by atoms with Gasteiger partial charge in [0.2, 0.25) is 0 Å². The fraction of sp³-hybridized carbons (Fsp3) is 0.722. The molecule has 0 unspecified atom stereocenters. The van der Waals surface area contributed by atoms with Crippen molar-refractivity contribution in [3.8, 4) is 0 Å². The first-order valence-electron chi connectivity index (χ1n) is 8.57. The molecule has 0 radical (unpaired) electrons. The van der Waals surface area contributed by atoms with Crippen LogP contribution in [0, 0.1) is 11.8 Å². The summed E-state index contributed by atoms with van der Waals surface area (Å²) in [5.74, 6) is 2.70. The van der Waals surface area contributed by atoms with Gasteiger partial charge in [-0.15, -0.1) is 0 Å². The van der Waals surface area contributed by atoms with Crippen molar-refractivity contribution in [2.75, 3.05) is 0 Å². The highest BCUT2D eigenvalue weighted by molar-refractivity contribution is 5.14. The third kappa shape index (κ3) is 3.97. The summed E-state index contributed by atoms with van der Waals surface area (Å²) < 4.78 is 0. The average Bonchev–Trinajstić information content (AvgIpc) is 3.05. The normalized spacial score (nSPS) is 27.2. The van der Waals surface area contributed by atoms with Gasteiger partial charge in [-0.3, -0.25) is 0 Å². The number of imidazole rings is 1. The van der Waals surface area contributed by atoms with E-state index in [2.05, 4.69) is 22.1 Å². The van der Waals surface area contributed by atoms with E-state index in [1.807, 2.05) is 6.20 Å². The average molecular weight is 272 g/mol. The second kappa shape index (κ2) is 7.10. The van der Waals surface area contributed by atoms with Crippen molar-refractivity contribution in [1.82, 2.24) is 9.97 Å². The standard InChI is InChI=1S/C18H28N2/c1(4-8-15-9-5-3-6-10-15)2-7-11-16-12-17(16)18-13-19-14-20-18/h1-2,13-17H,3-12H2,(H,19,20)/t16-,17-/m1/s1. The van der Waals surface area contributed by atoms with Crippen LogP contribution in [0.15, 0.2) is 24.7 Å². The zero-order valence-electron chi connectivity index (χ0n) is 12.6. The number of aromatic amines is 1. The van der Waals surface area contributed by atoms with Crippen molar-refractivity contribution in [1.29, 1.82) is 0 Å². The largest absolute Gasteiger partial charge is 0.348 e. The van der Waals surface area contributed by atoms with Crippen LogP contribution in [-0.2, 0) is 0 Å². The molecule has 0 amide bonds. The third-order valence-electron chi connectivity index (χ3n) is 5.18. The summed E-state index contributed by atoms with van der Waals surface area (Å²) >= 11 is 0. The molecule has 2 nitrogen and oxygen atoms in total. The molecule has 2 fully saturated rings. The molecule has 1 aromatic rings. The van der Waals surface area contributed by atoms with Gasteiger partial charge in [0.05, 0.1) is 6.33 Å². The van der Waals surface area contributed by atoms with Gasteiger partial charge in [-0.05, 0) is 43.9 Å². The molecule has 0 spiro atoms. The second-order valence-electron chi connectivity index (χ2n) is 6.74. The van der Waals surface area contributed by atoms with Gasteiger partial charge in [0.1, 0.15) is 0 Å². The van der Waals surface area contributed by atoms with Crippen LogP contribution in [0.3, 0.4) is 0 Å². The fourth-order valence-electron chi connectivity index (χ4n) is 3.77. The first kappa shape index (κ1) is 13.9. The summed E-state index contributed by atoms with van der Waals surface area (Å²) in [5.41, 5.74) is 1.34.